The average molecular weight is 317 g/mol. The minimum absolute atomic E-state index is 0.0166. The third-order valence-corrected chi connectivity index (χ3v) is 3.67. The van der Waals surface area contributed by atoms with Crippen LogP contribution < -0.4 is 0 Å². The van der Waals surface area contributed by atoms with E-state index < -0.39 is 0 Å². The van der Waals surface area contributed by atoms with Crippen LogP contribution in [0.4, 0.5) is 0 Å². The second-order valence-corrected chi connectivity index (χ2v) is 5.90. The van der Waals surface area contributed by atoms with Crippen molar-refractivity contribution in [2.75, 3.05) is 6.54 Å². The third kappa shape index (κ3) is 4.57. The lowest BCUT2D eigenvalue weighted by Gasteiger charge is -2.23. The molecule has 0 aliphatic rings. The summed E-state index contributed by atoms with van der Waals surface area (Å²) in [5.41, 5.74) is 2.67. The van der Waals surface area contributed by atoms with Gasteiger partial charge in [0.2, 0.25) is 0 Å². The van der Waals surface area contributed by atoms with E-state index in [0.29, 0.717) is 17.1 Å². The topological polar surface area (TPSA) is 33.2 Å². The van der Waals surface area contributed by atoms with Gasteiger partial charge in [-0.15, -0.1) is 0 Å². The Bertz CT molecular complexity index is 608. The van der Waals surface area contributed by atoms with Gasteiger partial charge in [-0.05, 0) is 48.7 Å². The average Bonchev–Trinajstić information content (AvgIpc) is 2.50. The molecule has 4 heteroatoms. The van der Waals surface area contributed by atoms with Gasteiger partial charge in [0.1, 0.15) is 0 Å². The van der Waals surface area contributed by atoms with Crippen molar-refractivity contribution in [2.45, 2.75) is 33.2 Å². The highest BCUT2D eigenvalue weighted by Crippen LogP contribution is 2.17. The van der Waals surface area contributed by atoms with Gasteiger partial charge in [-0.2, -0.15) is 0 Å². The van der Waals surface area contributed by atoms with Crippen molar-refractivity contribution in [3.8, 4) is 0 Å². The Labute approximate surface area is 136 Å². The number of unbranched alkanes of at least 4 members (excludes halogenated alkanes) is 1. The minimum atomic E-state index is 0.0166. The Balaban J connectivity index is 2.21. The third-order valence-electron chi connectivity index (χ3n) is 3.45. The molecule has 22 heavy (non-hydrogen) atoms. The number of aromatic nitrogens is 1. The van der Waals surface area contributed by atoms with Crippen molar-refractivity contribution >= 4 is 17.5 Å². The van der Waals surface area contributed by atoms with E-state index in [1.54, 1.807) is 18.5 Å². The van der Waals surface area contributed by atoms with Crippen LogP contribution in [0, 0.1) is 6.92 Å². The number of halogens is 1. The van der Waals surface area contributed by atoms with E-state index in [0.717, 1.165) is 30.5 Å². The van der Waals surface area contributed by atoms with Crippen LogP contribution >= 0.6 is 11.6 Å². The first kappa shape index (κ1) is 16.5. The summed E-state index contributed by atoms with van der Waals surface area (Å²) < 4.78 is 0. The Morgan fingerprint density at radius 1 is 1.32 bits per heavy atom. The molecule has 0 bridgehead atoms. The first-order valence-electron chi connectivity index (χ1n) is 7.55. The van der Waals surface area contributed by atoms with E-state index in [1.165, 1.54) is 0 Å². The maximum Gasteiger partial charge on any atom is 0.254 e. The molecule has 2 rings (SSSR count). The molecule has 1 aromatic carbocycles. The smallest absolute Gasteiger partial charge is 0.254 e. The van der Waals surface area contributed by atoms with Crippen LogP contribution in [-0.2, 0) is 6.54 Å². The van der Waals surface area contributed by atoms with Crippen molar-refractivity contribution in [2.24, 2.45) is 0 Å². The van der Waals surface area contributed by atoms with E-state index in [-0.39, 0.29) is 5.91 Å². The van der Waals surface area contributed by atoms with E-state index in [1.807, 2.05) is 36.1 Å². The van der Waals surface area contributed by atoms with Crippen molar-refractivity contribution in [3.63, 3.8) is 0 Å². The van der Waals surface area contributed by atoms with Gasteiger partial charge >= 0.3 is 0 Å². The van der Waals surface area contributed by atoms with E-state index >= 15 is 0 Å². The quantitative estimate of drug-likeness (QED) is 0.787. The molecule has 0 unspecified atom stereocenters. The number of nitrogens with zero attached hydrogens (tertiary/aromatic N) is 2. The molecule has 1 amide bonds. The molecule has 0 spiro atoms. The predicted octanol–water partition coefficient (Wildman–Crippen LogP) is 4.49. The molecule has 0 fully saturated rings. The minimum Gasteiger partial charge on any atom is -0.334 e. The van der Waals surface area contributed by atoms with Gasteiger partial charge in [0.15, 0.2) is 0 Å². The van der Waals surface area contributed by atoms with E-state index in [9.17, 15) is 4.79 Å². The summed E-state index contributed by atoms with van der Waals surface area (Å²) in [6.45, 7) is 5.37. The molecule has 0 N–H and O–H groups in total. The Hall–Kier alpha value is -1.87. The van der Waals surface area contributed by atoms with Crippen LogP contribution in [0.25, 0.3) is 0 Å². The predicted molar refractivity (Wildman–Crippen MR) is 90.1 cm³/mol. The van der Waals surface area contributed by atoms with Crippen LogP contribution in [0.1, 0.15) is 41.3 Å². The summed E-state index contributed by atoms with van der Waals surface area (Å²) in [4.78, 5) is 18.8. The molecule has 1 heterocycles. The molecular formula is C18H21ClN2O. The van der Waals surface area contributed by atoms with Gasteiger partial charge < -0.3 is 4.90 Å². The second-order valence-electron chi connectivity index (χ2n) is 5.46. The van der Waals surface area contributed by atoms with Crippen LogP contribution in [-0.4, -0.2) is 22.3 Å². The molecule has 0 saturated heterocycles. The second kappa shape index (κ2) is 7.95. The highest BCUT2D eigenvalue weighted by molar-refractivity contribution is 6.31. The molecule has 0 saturated carbocycles. The monoisotopic (exact) mass is 316 g/mol. The van der Waals surface area contributed by atoms with Gasteiger partial charge in [0, 0.05) is 36.1 Å². The molecule has 116 valence electrons. The number of hydrogen-bond acceptors (Lipinski definition) is 2. The lowest BCUT2D eigenvalue weighted by Crippen LogP contribution is -2.31. The number of rotatable bonds is 6. The van der Waals surface area contributed by atoms with E-state index in [2.05, 4.69) is 11.9 Å². The fraction of sp³-hybridized carbons (Fsp3) is 0.333. The zero-order valence-electron chi connectivity index (χ0n) is 13.1. The fourth-order valence-corrected chi connectivity index (χ4v) is 2.65. The molecule has 1 aromatic heterocycles. The molecule has 0 aliphatic carbocycles. The molecule has 2 aromatic rings. The molecule has 0 radical (unpaired) electrons. The lowest BCUT2D eigenvalue weighted by molar-refractivity contribution is 0.0740. The van der Waals surface area contributed by atoms with Gasteiger partial charge in [-0.3, -0.25) is 9.78 Å². The SMILES string of the molecule is CCCCN(Cc1cccnc1)C(=O)c1cc(C)cc(Cl)c1. The normalized spacial score (nSPS) is 10.5. The molecular weight excluding hydrogens is 296 g/mol. The van der Waals surface area contributed by atoms with Gasteiger partial charge in [0.05, 0.1) is 0 Å². The van der Waals surface area contributed by atoms with Crippen molar-refractivity contribution in [3.05, 3.63) is 64.4 Å². The van der Waals surface area contributed by atoms with Crippen LogP contribution in [0.3, 0.4) is 0 Å². The summed E-state index contributed by atoms with van der Waals surface area (Å²) >= 11 is 6.08. The molecule has 3 nitrogen and oxygen atoms in total. The number of hydrogen-bond donors (Lipinski definition) is 0. The lowest BCUT2D eigenvalue weighted by atomic mass is 10.1. The molecule has 0 aliphatic heterocycles. The summed E-state index contributed by atoms with van der Waals surface area (Å²) in [5, 5.41) is 0.597. The number of carbonyl (C=O) groups excluding carboxylic acids is 1. The first-order chi connectivity index (χ1) is 10.6. The van der Waals surface area contributed by atoms with Gasteiger partial charge in [-0.25, -0.2) is 0 Å². The Morgan fingerprint density at radius 3 is 2.77 bits per heavy atom. The van der Waals surface area contributed by atoms with E-state index in [4.69, 9.17) is 11.6 Å². The highest BCUT2D eigenvalue weighted by atomic mass is 35.5. The first-order valence-corrected chi connectivity index (χ1v) is 7.93. The van der Waals surface area contributed by atoms with Crippen LogP contribution in [0.5, 0.6) is 0 Å². The van der Waals surface area contributed by atoms with Crippen LogP contribution in [0.15, 0.2) is 42.7 Å². The van der Waals surface area contributed by atoms with Gasteiger partial charge in [0.25, 0.3) is 5.91 Å². The summed E-state index contributed by atoms with van der Waals surface area (Å²) in [6, 6.07) is 9.36. The molecule has 0 atom stereocenters. The largest absolute Gasteiger partial charge is 0.334 e. The van der Waals surface area contributed by atoms with Crippen molar-refractivity contribution < 1.29 is 4.79 Å². The Kier molecular flexibility index (Phi) is 5.96. The maximum atomic E-state index is 12.8. The Morgan fingerprint density at radius 2 is 2.14 bits per heavy atom. The van der Waals surface area contributed by atoms with Crippen molar-refractivity contribution in [1.29, 1.82) is 0 Å². The summed E-state index contributed by atoms with van der Waals surface area (Å²) in [5.74, 6) is 0.0166. The number of benzene rings is 1. The standard InChI is InChI=1S/C18H21ClN2O/c1-3-4-8-21(13-15-6-5-7-20-12-15)18(22)16-9-14(2)10-17(19)11-16/h5-7,9-12H,3-4,8,13H2,1-2H3. The maximum absolute atomic E-state index is 12.8. The fourth-order valence-electron chi connectivity index (χ4n) is 2.36. The number of amides is 1. The van der Waals surface area contributed by atoms with Gasteiger partial charge in [-0.1, -0.05) is 31.0 Å². The highest BCUT2D eigenvalue weighted by Gasteiger charge is 2.16. The van der Waals surface area contributed by atoms with Crippen LogP contribution in [0.2, 0.25) is 5.02 Å². The summed E-state index contributed by atoms with van der Waals surface area (Å²) in [7, 11) is 0. The number of aryl methyl sites for hydroxylation is 1. The summed E-state index contributed by atoms with van der Waals surface area (Å²) in [6.07, 6.45) is 5.56. The number of pyridine rings is 1. The number of carbonyl (C=O) groups is 1. The zero-order valence-corrected chi connectivity index (χ0v) is 13.8. The van der Waals surface area contributed by atoms with Crippen molar-refractivity contribution in [1.82, 2.24) is 9.88 Å². The zero-order chi connectivity index (χ0) is 15.9.